The van der Waals surface area contributed by atoms with E-state index in [4.69, 9.17) is 0 Å². The van der Waals surface area contributed by atoms with E-state index in [9.17, 15) is 0 Å². The van der Waals surface area contributed by atoms with E-state index in [-0.39, 0.29) is 0 Å². The van der Waals surface area contributed by atoms with Crippen molar-refractivity contribution < 1.29 is 0 Å². The number of nitrogens with zero attached hydrogens (tertiary/aromatic N) is 2. The Morgan fingerprint density at radius 3 is 2.70 bits per heavy atom. The summed E-state index contributed by atoms with van der Waals surface area (Å²) < 4.78 is 1.04. The van der Waals surface area contributed by atoms with Crippen molar-refractivity contribution >= 4 is 33.4 Å². The van der Waals surface area contributed by atoms with E-state index in [0.717, 1.165) is 34.0 Å². The van der Waals surface area contributed by atoms with Crippen LogP contribution in [0.15, 0.2) is 28.7 Å². The lowest BCUT2D eigenvalue weighted by Crippen LogP contribution is -2.16. The second-order valence-corrected chi connectivity index (χ2v) is 7.19. The number of halogens is 1. The van der Waals surface area contributed by atoms with Gasteiger partial charge in [0.15, 0.2) is 0 Å². The van der Waals surface area contributed by atoms with Crippen molar-refractivity contribution in [3.63, 3.8) is 0 Å². The topological polar surface area (TPSA) is 49.8 Å². The van der Waals surface area contributed by atoms with Crippen LogP contribution in [0.5, 0.6) is 0 Å². The van der Waals surface area contributed by atoms with Crippen molar-refractivity contribution in [1.29, 1.82) is 0 Å². The van der Waals surface area contributed by atoms with E-state index < -0.39 is 0 Å². The maximum absolute atomic E-state index is 4.69. The van der Waals surface area contributed by atoms with Crippen LogP contribution in [-0.4, -0.2) is 16.0 Å². The number of hydrogen-bond acceptors (Lipinski definition) is 4. The second-order valence-electron chi connectivity index (χ2n) is 6.34. The fourth-order valence-electron chi connectivity index (χ4n) is 2.36. The summed E-state index contributed by atoms with van der Waals surface area (Å²) in [5, 5.41) is 6.81. The summed E-state index contributed by atoms with van der Waals surface area (Å²) in [7, 11) is 0. The van der Waals surface area contributed by atoms with Gasteiger partial charge < -0.3 is 10.6 Å². The Morgan fingerprint density at radius 2 is 2.04 bits per heavy atom. The molecule has 3 rings (SSSR count). The summed E-state index contributed by atoms with van der Waals surface area (Å²) in [6.45, 7) is 6.39. The Bertz CT molecular complexity index is 697. The number of hydrogen-bond donors (Lipinski definition) is 2. The van der Waals surface area contributed by atoms with E-state index in [1.807, 2.05) is 0 Å². The summed E-state index contributed by atoms with van der Waals surface area (Å²) >= 11 is 3.61. The molecular formula is C18H23BrN4. The molecule has 122 valence electrons. The van der Waals surface area contributed by atoms with Crippen LogP contribution in [0, 0.1) is 6.92 Å². The fraction of sp³-hybridized carbons (Fsp3) is 0.444. The van der Waals surface area contributed by atoms with Gasteiger partial charge in [-0.05, 0) is 66.7 Å². The summed E-state index contributed by atoms with van der Waals surface area (Å²) in [4.78, 5) is 9.32. The Balaban J connectivity index is 1.87. The molecule has 1 aliphatic carbocycles. The zero-order valence-electron chi connectivity index (χ0n) is 13.9. The average Bonchev–Trinajstić information content (AvgIpc) is 3.34. The summed E-state index contributed by atoms with van der Waals surface area (Å²) in [5.74, 6) is 2.16. The minimum Gasteiger partial charge on any atom is -0.352 e. The second kappa shape index (κ2) is 6.87. The largest absolute Gasteiger partial charge is 0.352 e. The van der Waals surface area contributed by atoms with Gasteiger partial charge in [-0.2, -0.15) is 4.98 Å². The molecule has 1 atom stereocenters. The molecule has 0 unspecified atom stereocenters. The zero-order valence-corrected chi connectivity index (χ0v) is 15.4. The number of benzene rings is 1. The molecule has 0 amide bonds. The van der Waals surface area contributed by atoms with Gasteiger partial charge in [-0.3, -0.25) is 0 Å². The molecule has 0 bridgehead atoms. The lowest BCUT2D eigenvalue weighted by molar-refractivity contribution is 0.750. The summed E-state index contributed by atoms with van der Waals surface area (Å²) in [6, 6.07) is 8.70. The summed E-state index contributed by atoms with van der Waals surface area (Å²) in [6.07, 6.45) is 3.50. The molecule has 1 aromatic heterocycles. The first-order valence-electron chi connectivity index (χ1n) is 8.24. The molecular weight excluding hydrogens is 352 g/mol. The van der Waals surface area contributed by atoms with E-state index in [2.05, 4.69) is 81.6 Å². The summed E-state index contributed by atoms with van der Waals surface area (Å²) in [5.41, 5.74) is 3.38. The normalized spacial score (nSPS) is 15.3. The first-order valence-corrected chi connectivity index (χ1v) is 9.03. The Kier molecular flexibility index (Phi) is 4.85. The molecule has 1 heterocycles. The minimum atomic E-state index is 0.364. The van der Waals surface area contributed by atoms with E-state index in [1.54, 1.807) is 0 Å². The standard InChI is InChI=1S/C18H23BrN4/c1-4-12(3)20-18-22-16(13-6-7-13)10-17(23-18)21-15-8-5-11(2)9-14(15)19/h5,8-10,12-13H,4,6-7H2,1-3H3,(H2,20,21,22,23)/t12-/m0/s1. The van der Waals surface area contributed by atoms with E-state index >= 15 is 0 Å². The van der Waals surface area contributed by atoms with Crippen LogP contribution >= 0.6 is 15.9 Å². The fourth-order valence-corrected chi connectivity index (χ4v) is 2.96. The van der Waals surface area contributed by atoms with Crippen LogP contribution in [0.25, 0.3) is 0 Å². The number of anilines is 3. The molecule has 5 heteroatoms. The van der Waals surface area contributed by atoms with E-state index in [1.165, 1.54) is 18.4 Å². The smallest absolute Gasteiger partial charge is 0.225 e. The highest BCUT2D eigenvalue weighted by atomic mass is 79.9. The third-order valence-electron chi connectivity index (χ3n) is 4.12. The zero-order chi connectivity index (χ0) is 16.4. The molecule has 0 spiro atoms. The molecule has 1 fully saturated rings. The molecule has 1 saturated carbocycles. The van der Waals surface area contributed by atoms with Crippen molar-refractivity contribution in [3.05, 3.63) is 40.0 Å². The van der Waals surface area contributed by atoms with Gasteiger partial charge in [-0.25, -0.2) is 4.98 Å². The van der Waals surface area contributed by atoms with Gasteiger partial charge in [-0.1, -0.05) is 13.0 Å². The number of aryl methyl sites for hydroxylation is 1. The van der Waals surface area contributed by atoms with Crippen molar-refractivity contribution in [1.82, 2.24) is 9.97 Å². The van der Waals surface area contributed by atoms with Gasteiger partial charge in [0.2, 0.25) is 5.95 Å². The lowest BCUT2D eigenvalue weighted by atomic mass is 10.2. The quantitative estimate of drug-likeness (QED) is 0.712. The molecule has 1 aromatic carbocycles. The van der Waals surface area contributed by atoms with Crippen molar-refractivity contribution in [3.8, 4) is 0 Å². The third kappa shape index (κ3) is 4.22. The minimum absolute atomic E-state index is 0.364. The Labute approximate surface area is 146 Å². The maximum Gasteiger partial charge on any atom is 0.225 e. The van der Waals surface area contributed by atoms with Crippen LogP contribution in [0.1, 0.15) is 50.3 Å². The predicted molar refractivity (Wildman–Crippen MR) is 99.5 cm³/mol. The molecule has 2 N–H and O–H groups in total. The van der Waals surface area contributed by atoms with Gasteiger partial charge in [-0.15, -0.1) is 0 Å². The SMILES string of the molecule is CC[C@H](C)Nc1nc(Nc2ccc(C)cc2Br)cc(C2CC2)n1. The number of nitrogens with one attached hydrogen (secondary N) is 2. The van der Waals surface area contributed by atoms with Gasteiger partial charge in [0.1, 0.15) is 5.82 Å². The van der Waals surface area contributed by atoms with Crippen LogP contribution in [0.3, 0.4) is 0 Å². The molecule has 1 aliphatic rings. The molecule has 23 heavy (non-hydrogen) atoms. The van der Waals surface area contributed by atoms with Gasteiger partial charge in [0.25, 0.3) is 0 Å². The van der Waals surface area contributed by atoms with Crippen LogP contribution < -0.4 is 10.6 Å². The highest BCUT2D eigenvalue weighted by molar-refractivity contribution is 9.10. The predicted octanol–water partition coefficient (Wildman–Crippen LogP) is 5.38. The molecule has 0 radical (unpaired) electrons. The van der Waals surface area contributed by atoms with Gasteiger partial charge in [0.05, 0.1) is 11.4 Å². The molecule has 4 nitrogen and oxygen atoms in total. The van der Waals surface area contributed by atoms with Crippen molar-refractivity contribution in [2.45, 2.75) is 52.0 Å². The van der Waals surface area contributed by atoms with Crippen LogP contribution in [-0.2, 0) is 0 Å². The highest BCUT2D eigenvalue weighted by Crippen LogP contribution is 2.40. The number of aromatic nitrogens is 2. The van der Waals surface area contributed by atoms with Crippen LogP contribution in [0.4, 0.5) is 17.5 Å². The third-order valence-corrected chi connectivity index (χ3v) is 4.77. The molecule has 0 saturated heterocycles. The van der Waals surface area contributed by atoms with Crippen molar-refractivity contribution in [2.24, 2.45) is 0 Å². The first kappa shape index (κ1) is 16.2. The lowest BCUT2D eigenvalue weighted by Gasteiger charge is -2.15. The molecule has 2 aromatic rings. The monoisotopic (exact) mass is 374 g/mol. The molecule has 0 aliphatic heterocycles. The first-order chi connectivity index (χ1) is 11.0. The van der Waals surface area contributed by atoms with Crippen LogP contribution in [0.2, 0.25) is 0 Å². The van der Waals surface area contributed by atoms with Gasteiger partial charge >= 0.3 is 0 Å². The van der Waals surface area contributed by atoms with E-state index in [0.29, 0.717) is 12.0 Å². The Morgan fingerprint density at radius 1 is 1.26 bits per heavy atom. The van der Waals surface area contributed by atoms with Gasteiger partial charge in [0, 0.05) is 22.5 Å². The maximum atomic E-state index is 4.69. The highest BCUT2D eigenvalue weighted by Gasteiger charge is 2.26. The Hall–Kier alpha value is -1.62. The average molecular weight is 375 g/mol. The van der Waals surface area contributed by atoms with Crippen molar-refractivity contribution in [2.75, 3.05) is 10.6 Å². The number of rotatable bonds is 6.